The van der Waals surface area contributed by atoms with E-state index < -0.39 is 0 Å². The van der Waals surface area contributed by atoms with Crippen LogP contribution in [-0.4, -0.2) is 18.1 Å². The number of pyridine rings is 1. The standard InChI is InChI=1S/C12H18N2O/c1-3-5-8-13-12-11(15-10-4-2)7-6-9-14-12/h3,6-7,9H,1,4-5,8,10H2,2H3,(H,13,14). The van der Waals surface area contributed by atoms with Crippen LogP contribution in [0.15, 0.2) is 31.0 Å². The van der Waals surface area contributed by atoms with Gasteiger partial charge in [-0.2, -0.15) is 0 Å². The highest BCUT2D eigenvalue weighted by atomic mass is 16.5. The van der Waals surface area contributed by atoms with Crippen LogP contribution < -0.4 is 10.1 Å². The summed E-state index contributed by atoms with van der Waals surface area (Å²) in [6.45, 7) is 7.32. The van der Waals surface area contributed by atoms with Gasteiger partial charge in [0.1, 0.15) is 0 Å². The van der Waals surface area contributed by atoms with Gasteiger partial charge >= 0.3 is 0 Å². The first-order valence-electron chi connectivity index (χ1n) is 5.31. The molecule has 3 nitrogen and oxygen atoms in total. The Hall–Kier alpha value is -1.51. The predicted molar refractivity (Wildman–Crippen MR) is 63.3 cm³/mol. The zero-order chi connectivity index (χ0) is 10.9. The van der Waals surface area contributed by atoms with Gasteiger partial charge in [0.15, 0.2) is 11.6 Å². The van der Waals surface area contributed by atoms with Crippen LogP contribution in [0.5, 0.6) is 5.75 Å². The van der Waals surface area contributed by atoms with Crippen LogP contribution in [0.4, 0.5) is 5.82 Å². The molecule has 1 rings (SSSR count). The molecule has 3 heteroatoms. The number of nitrogens with one attached hydrogen (secondary N) is 1. The van der Waals surface area contributed by atoms with Gasteiger partial charge in [0.05, 0.1) is 6.61 Å². The lowest BCUT2D eigenvalue weighted by Gasteiger charge is -2.10. The fourth-order valence-corrected chi connectivity index (χ4v) is 1.14. The number of aromatic nitrogens is 1. The molecule has 0 amide bonds. The summed E-state index contributed by atoms with van der Waals surface area (Å²) in [5.74, 6) is 1.64. The summed E-state index contributed by atoms with van der Waals surface area (Å²) < 4.78 is 5.57. The van der Waals surface area contributed by atoms with Crippen LogP contribution >= 0.6 is 0 Å². The van der Waals surface area contributed by atoms with E-state index in [4.69, 9.17) is 4.74 Å². The highest BCUT2D eigenvalue weighted by molar-refractivity contribution is 5.49. The van der Waals surface area contributed by atoms with Crippen LogP contribution in [0.1, 0.15) is 19.8 Å². The summed E-state index contributed by atoms with van der Waals surface area (Å²) in [6.07, 6.45) is 5.56. The minimum Gasteiger partial charge on any atom is -0.490 e. The van der Waals surface area contributed by atoms with Crippen LogP contribution in [-0.2, 0) is 0 Å². The summed E-state index contributed by atoms with van der Waals surface area (Å²) in [5, 5.41) is 3.22. The zero-order valence-corrected chi connectivity index (χ0v) is 9.20. The minimum absolute atomic E-state index is 0.724. The smallest absolute Gasteiger partial charge is 0.168 e. The fourth-order valence-electron chi connectivity index (χ4n) is 1.14. The van der Waals surface area contributed by atoms with Crippen LogP contribution in [0.3, 0.4) is 0 Å². The molecule has 0 aliphatic carbocycles. The number of rotatable bonds is 7. The van der Waals surface area contributed by atoms with Crippen LogP contribution in [0.25, 0.3) is 0 Å². The Morgan fingerprint density at radius 2 is 2.47 bits per heavy atom. The largest absolute Gasteiger partial charge is 0.490 e. The lowest BCUT2D eigenvalue weighted by atomic mass is 10.4. The lowest BCUT2D eigenvalue weighted by Crippen LogP contribution is -2.05. The molecule has 0 fully saturated rings. The molecule has 0 unspecified atom stereocenters. The molecule has 0 saturated heterocycles. The molecule has 1 heterocycles. The molecule has 1 aromatic heterocycles. The Labute approximate surface area is 91.2 Å². The molecule has 0 aliphatic heterocycles. The quantitative estimate of drug-likeness (QED) is 0.550. The molecule has 0 bridgehead atoms. The van der Waals surface area contributed by atoms with Gasteiger partial charge < -0.3 is 10.1 Å². The van der Waals surface area contributed by atoms with Gasteiger partial charge in [-0.25, -0.2) is 4.98 Å². The molecule has 0 spiro atoms. The van der Waals surface area contributed by atoms with Crippen molar-refractivity contribution in [3.05, 3.63) is 31.0 Å². The number of hydrogen-bond donors (Lipinski definition) is 1. The van der Waals surface area contributed by atoms with E-state index in [-0.39, 0.29) is 0 Å². The monoisotopic (exact) mass is 206 g/mol. The summed E-state index contributed by atoms with van der Waals surface area (Å²) in [5.41, 5.74) is 0. The molecule has 0 radical (unpaired) electrons. The Morgan fingerprint density at radius 3 is 3.20 bits per heavy atom. The average Bonchev–Trinajstić information content (AvgIpc) is 2.28. The highest BCUT2D eigenvalue weighted by Gasteiger charge is 2.02. The van der Waals surface area contributed by atoms with Crippen molar-refractivity contribution < 1.29 is 4.74 Å². The molecule has 0 atom stereocenters. The van der Waals surface area contributed by atoms with E-state index in [1.807, 2.05) is 18.2 Å². The summed E-state index contributed by atoms with van der Waals surface area (Å²) in [6, 6.07) is 3.81. The third kappa shape index (κ3) is 4.02. The molecule has 1 N–H and O–H groups in total. The predicted octanol–water partition coefficient (Wildman–Crippen LogP) is 2.86. The molecule has 0 aromatic carbocycles. The van der Waals surface area contributed by atoms with Gasteiger partial charge in [0.2, 0.25) is 0 Å². The van der Waals surface area contributed by atoms with Gasteiger partial charge in [-0.15, -0.1) is 6.58 Å². The van der Waals surface area contributed by atoms with Crippen molar-refractivity contribution >= 4 is 5.82 Å². The van der Waals surface area contributed by atoms with Crippen LogP contribution in [0, 0.1) is 0 Å². The first kappa shape index (κ1) is 11.6. The third-order valence-corrected chi connectivity index (χ3v) is 1.87. The molecule has 15 heavy (non-hydrogen) atoms. The highest BCUT2D eigenvalue weighted by Crippen LogP contribution is 2.20. The van der Waals surface area contributed by atoms with Gasteiger partial charge in [-0.05, 0) is 25.0 Å². The lowest BCUT2D eigenvalue weighted by molar-refractivity contribution is 0.318. The Bertz CT molecular complexity index is 299. The van der Waals surface area contributed by atoms with Crippen molar-refractivity contribution in [2.45, 2.75) is 19.8 Å². The van der Waals surface area contributed by atoms with E-state index >= 15 is 0 Å². The summed E-state index contributed by atoms with van der Waals surface area (Å²) in [4.78, 5) is 4.23. The molecular formula is C12H18N2O. The fraction of sp³-hybridized carbons (Fsp3) is 0.417. The number of hydrogen-bond acceptors (Lipinski definition) is 3. The zero-order valence-electron chi connectivity index (χ0n) is 9.20. The van der Waals surface area contributed by atoms with Crippen molar-refractivity contribution in [1.82, 2.24) is 4.98 Å². The SMILES string of the molecule is C=CCCNc1ncccc1OCCC. The second-order valence-electron chi connectivity index (χ2n) is 3.20. The van der Waals surface area contributed by atoms with E-state index in [0.29, 0.717) is 0 Å². The molecule has 0 aliphatic rings. The molecule has 82 valence electrons. The molecule has 1 aromatic rings. The van der Waals surface area contributed by atoms with E-state index in [1.54, 1.807) is 6.20 Å². The Balaban J connectivity index is 2.55. The van der Waals surface area contributed by atoms with Gasteiger partial charge in [-0.1, -0.05) is 13.0 Å². The van der Waals surface area contributed by atoms with Gasteiger partial charge in [0.25, 0.3) is 0 Å². The molecular weight excluding hydrogens is 188 g/mol. The number of anilines is 1. The Morgan fingerprint density at radius 1 is 1.60 bits per heavy atom. The topological polar surface area (TPSA) is 34.2 Å². The second-order valence-corrected chi connectivity index (χ2v) is 3.20. The maximum absolute atomic E-state index is 5.57. The number of ether oxygens (including phenoxy) is 1. The average molecular weight is 206 g/mol. The van der Waals surface area contributed by atoms with Gasteiger partial charge in [-0.3, -0.25) is 0 Å². The maximum Gasteiger partial charge on any atom is 0.168 e. The summed E-state index contributed by atoms with van der Waals surface area (Å²) in [7, 11) is 0. The third-order valence-electron chi connectivity index (χ3n) is 1.87. The first-order chi connectivity index (χ1) is 7.38. The van der Waals surface area contributed by atoms with Crippen molar-refractivity contribution in [3.63, 3.8) is 0 Å². The van der Waals surface area contributed by atoms with E-state index in [1.165, 1.54) is 0 Å². The van der Waals surface area contributed by atoms with E-state index in [2.05, 4.69) is 23.8 Å². The molecule has 0 saturated carbocycles. The van der Waals surface area contributed by atoms with E-state index in [0.717, 1.165) is 37.6 Å². The minimum atomic E-state index is 0.724. The Kier molecular flexibility index (Phi) is 5.30. The van der Waals surface area contributed by atoms with Crippen molar-refractivity contribution in [2.24, 2.45) is 0 Å². The van der Waals surface area contributed by atoms with E-state index in [9.17, 15) is 0 Å². The van der Waals surface area contributed by atoms with Crippen molar-refractivity contribution in [2.75, 3.05) is 18.5 Å². The van der Waals surface area contributed by atoms with Crippen molar-refractivity contribution in [3.8, 4) is 5.75 Å². The number of nitrogens with zero attached hydrogens (tertiary/aromatic N) is 1. The first-order valence-corrected chi connectivity index (χ1v) is 5.31. The normalized spacial score (nSPS) is 9.67. The van der Waals surface area contributed by atoms with Crippen LogP contribution in [0.2, 0.25) is 0 Å². The van der Waals surface area contributed by atoms with Gasteiger partial charge in [0, 0.05) is 12.7 Å². The van der Waals surface area contributed by atoms with Crippen molar-refractivity contribution in [1.29, 1.82) is 0 Å². The summed E-state index contributed by atoms with van der Waals surface area (Å²) >= 11 is 0. The second kappa shape index (κ2) is 6.87. The maximum atomic E-state index is 5.57.